The lowest BCUT2D eigenvalue weighted by Crippen LogP contribution is -2.10. The van der Waals surface area contributed by atoms with Crippen LogP contribution in [-0.4, -0.2) is 21.8 Å². The molecule has 1 unspecified atom stereocenters. The van der Waals surface area contributed by atoms with Crippen LogP contribution in [0.1, 0.15) is 35.7 Å². The summed E-state index contributed by atoms with van der Waals surface area (Å²) in [6.07, 6.45) is 1.99. The maximum absolute atomic E-state index is 12.2. The van der Waals surface area contributed by atoms with Crippen molar-refractivity contribution in [3.63, 3.8) is 0 Å². The van der Waals surface area contributed by atoms with Gasteiger partial charge in [0.05, 0.1) is 0 Å². The maximum atomic E-state index is 12.2. The van der Waals surface area contributed by atoms with E-state index in [0.29, 0.717) is 5.56 Å². The van der Waals surface area contributed by atoms with E-state index in [1.54, 1.807) is 13.1 Å². The zero-order valence-electron chi connectivity index (χ0n) is 11.1. The van der Waals surface area contributed by atoms with Gasteiger partial charge in [-0.3, -0.25) is 9.59 Å². The number of aryl methyl sites for hydroxylation is 1. The molecule has 100 valence electrons. The monoisotopic (exact) mass is 259 g/mol. The molecule has 0 amide bonds. The largest absolute Gasteiger partial charge is 0.481 e. The Morgan fingerprint density at radius 2 is 2.05 bits per heavy atom. The van der Waals surface area contributed by atoms with Gasteiger partial charge in [0.15, 0.2) is 5.78 Å². The molecule has 1 heterocycles. The molecule has 1 aromatic heterocycles. The van der Waals surface area contributed by atoms with Crippen LogP contribution in [0.2, 0.25) is 0 Å². The van der Waals surface area contributed by atoms with E-state index in [0.717, 1.165) is 16.5 Å². The Morgan fingerprint density at radius 1 is 1.32 bits per heavy atom. The summed E-state index contributed by atoms with van der Waals surface area (Å²) in [7, 11) is 0. The number of aromatic amines is 1. The van der Waals surface area contributed by atoms with Gasteiger partial charge in [0.25, 0.3) is 0 Å². The normalized spacial score (nSPS) is 12.5. The number of H-pyrrole nitrogens is 1. The fourth-order valence-electron chi connectivity index (χ4n) is 2.27. The summed E-state index contributed by atoms with van der Waals surface area (Å²) in [5.74, 6) is -1.03. The number of Topliss-reactive ketones (excluding diaryl/α,β-unsaturated/α-hetero) is 1. The molecule has 2 N–H and O–H groups in total. The van der Waals surface area contributed by atoms with Gasteiger partial charge in [-0.25, -0.2) is 0 Å². The molecule has 2 aromatic rings. The highest BCUT2D eigenvalue weighted by atomic mass is 16.4. The van der Waals surface area contributed by atoms with Gasteiger partial charge in [-0.15, -0.1) is 0 Å². The first-order valence-corrected chi connectivity index (χ1v) is 6.30. The van der Waals surface area contributed by atoms with Gasteiger partial charge in [0.1, 0.15) is 0 Å². The highest BCUT2D eigenvalue weighted by molar-refractivity contribution is 6.08. The van der Waals surface area contributed by atoms with Crippen LogP contribution in [0.3, 0.4) is 0 Å². The predicted octanol–water partition coefficient (Wildman–Crippen LogP) is 3.16. The van der Waals surface area contributed by atoms with Crippen molar-refractivity contribution in [2.45, 2.75) is 26.7 Å². The molecular formula is C15H17NO3. The van der Waals surface area contributed by atoms with E-state index in [-0.39, 0.29) is 24.5 Å². The number of hydrogen-bond donors (Lipinski definition) is 2. The molecule has 0 saturated heterocycles. The van der Waals surface area contributed by atoms with Gasteiger partial charge in [-0.05, 0) is 24.5 Å². The molecule has 0 spiro atoms. The highest BCUT2D eigenvalue weighted by Gasteiger charge is 2.17. The second-order valence-electron chi connectivity index (χ2n) is 5.08. The average molecular weight is 259 g/mol. The second kappa shape index (κ2) is 5.26. The van der Waals surface area contributed by atoms with Crippen LogP contribution in [0.15, 0.2) is 24.4 Å². The standard InChI is InChI=1S/C15H17NO3/c1-9-3-4-11-12(8-16-13(11)5-9)14(17)6-10(2)7-15(18)19/h3-5,8,10,16H,6-7H2,1-2H3,(H,18,19). The predicted molar refractivity (Wildman–Crippen MR) is 73.4 cm³/mol. The van der Waals surface area contributed by atoms with Crippen molar-refractivity contribution in [3.8, 4) is 0 Å². The summed E-state index contributed by atoms with van der Waals surface area (Å²) in [5.41, 5.74) is 2.72. The fraction of sp³-hybridized carbons (Fsp3) is 0.333. The number of benzene rings is 1. The number of nitrogens with one attached hydrogen (secondary N) is 1. The van der Waals surface area contributed by atoms with Crippen LogP contribution in [0.25, 0.3) is 10.9 Å². The molecule has 19 heavy (non-hydrogen) atoms. The smallest absolute Gasteiger partial charge is 0.303 e. The van der Waals surface area contributed by atoms with Crippen molar-refractivity contribution < 1.29 is 14.7 Å². The van der Waals surface area contributed by atoms with E-state index in [1.807, 2.05) is 25.1 Å². The summed E-state index contributed by atoms with van der Waals surface area (Å²) in [6, 6.07) is 5.89. The second-order valence-corrected chi connectivity index (χ2v) is 5.08. The van der Waals surface area contributed by atoms with Crippen LogP contribution in [0, 0.1) is 12.8 Å². The third-order valence-electron chi connectivity index (χ3n) is 3.19. The number of aromatic nitrogens is 1. The minimum Gasteiger partial charge on any atom is -0.481 e. The molecular weight excluding hydrogens is 242 g/mol. The van der Waals surface area contributed by atoms with E-state index in [4.69, 9.17) is 5.11 Å². The summed E-state index contributed by atoms with van der Waals surface area (Å²) in [5, 5.41) is 9.61. The first-order valence-electron chi connectivity index (χ1n) is 6.30. The molecule has 0 fully saturated rings. The number of carboxylic acids is 1. The Balaban J connectivity index is 2.20. The van der Waals surface area contributed by atoms with Crippen LogP contribution >= 0.6 is 0 Å². The Labute approximate surface area is 111 Å². The number of carbonyl (C=O) groups excluding carboxylic acids is 1. The maximum Gasteiger partial charge on any atom is 0.303 e. The quantitative estimate of drug-likeness (QED) is 0.810. The van der Waals surface area contributed by atoms with Gasteiger partial charge in [0, 0.05) is 35.5 Å². The molecule has 4 heteroatoms. The summed E-state index contributed by atoms with van der Waals surface area (Å²) in [6.45, 7) is 3.78. The molecule has 1 aromatic carbocycles. The number of carbonyl (C=O) groups is 2. The highest BCUT2D eigenvalue weighted by Crippen LogP contribution is 2.22. The van der Waals surface area contributed by atoms with E-state index in [1.165, 1.54) is 0 Å². The molecule has 4 nitrogen and oxygen atoms in total. The van der Waals surface area contributed by atoms with Gasteiger partial charge in [-0.1, -0.05) is 19.1 Å². The van der Waals surface area contributed by atoms with Gasteiger partial charge >= 0.3 is 5.97 Å². The summed E-state index contributed by atoms with van der Waals surface area (Å²) >= 11 is 0. The first kappa shape index (κ1) is 13.3. The average Bonchev–Trinajstić information content (AvgIpc) is 2.70. The Morgan fingerprint density at radius 3 is 2.74 bits per heavy atom. The van der Waals surface area contributed by atoms with Crippen molar-refractivity contribution in [1.29, 1.82) is 0 Å². The van der Waals surface area contributed by atoms with Gasteiger partial charge in [-0.2, -0.15) is 0 Å². The number of ketones is 1. The Hall–Kier alpha value is -2.10. The first-order chi connectivity index (χ1) is 8.97. The van der Waals surface area contributed by atoms with Crippen molar-refractivity contribution in [2.75, 3.05) is 0 Å². The molecule has 2 rings (SSSR count). The van der Waals surface area contributed by atoms with Gasteiger partial charge < -0.3 is 10.1 Å². The zero-order valence-corrected chi connectivity index (χ0v) is 11.1. The summed E-state index contributed by atoms with van der Waals surface area (Å²) < 4.78 is 0. The Kier molecular flexibility index (Phi) is 3.69. The van der Waals surface area contributed by atoms with Crippen molar-refractivity contribution in [1.82, 2.24) is 4.98 Å². The topological polar surface area (TPSA) is 70.2 Å². The molecule has 0 aliphatic rings. The van der Waals surface area contributed by atoms with E-state index in [9.17, 15) is 9.59 Å². The minimum absolute atomic E-state index is 0.0103. The van der Waals surface area contributed by atoms with Crippen molar-refractivity contribution >= 4 is 22.7 Å². The fourth-order valence-corrected chi connectivity index (χ4v) is 2.27. The van der Waals surface area contributed by atoms with Crippen LogP contribution in [-0.2, 0) is 4.79 Å². The van der Waals surface area contributed by atoms with Crippen molar-refractivity contribution in [3.05, 3.63) is 35.5 Å². The van der Waals surface area contributed by atoms with Crippen LogP contribution in [0.5, 0.6) is 0 Å². The molecule has 0 aliphatic heterocycles. The SMILES string of the molecule is Cc1ccc2c(C(=O)CC(C)CC(=O)O)c[nH]c2c1. The minimum atomic E-state index is -0.866. The van der Waals surface area contributed by atoms with Crippen molar-refractivity contribution in [2.24, 2.45) is 5.92 Å². The van der Waals surface area contributed by atoms with E-state index >= 15 is 0 Å². The molecule has 0 saturated carbocycles. The number of carboxylic acid groups (broad SMARTS) is 1. The van der Waals surface area contributed by atoms with Gasteiger partial charge in [0.2, 0.25) is 0 Å². The number of fused-ring (bicyclic) bond motifs is 1. The third-order valence-corrected chi connectivity index (χ3v) is 3.19. The number of rotatable bonds is 5. The lowest BCUT2D eigenvalue weighted by atomic mass is 9.97. The van der Waals surface area contributed by atoms with E-state index in [2.05, 4.69) is 4.98 Å². The van der Waals surface area contributed by atoms with E-state index < -0.39 is 5.97 Å². The zero-order chi connectivity index (χ0) is 14.0. The number of aliphatic carboxylic acids is 1. The summed E-state index contributed by atoms with van der Waals surface area (Å²) in [4.78, 5) is 25.9. The Bertz CT molecular complexity index is 627. The molecule has 0 radical (unpaired) electrons. The lowest BCUT2D eigenvalue weighted by molar-refractivity contribution is -0.137. The third kappa shape index (κ3) is 3.02. The molecule has 0 bridgehead atoms. The van der Waals surface area contributed by atoms with Crippen LogP contribution in [0.4, 0.5) is 0 Å². The number of hydrogen-bond acceptors (Lipinski definition) is 2. The van der Waals surface area contributed by atoms with Crippen LogP contribution < -0.4 is 0 Å². The molecule has 1 atom stereocenters. The lowest BCUT2D eigenvalue weighted by Gasteiger charge is -2.06. The molecule has 0 aliphatic carbocycles.